The van der Waals surface area contributed by atoms with Crippen LogP contribution in [0.25, 0.3) is 11.3 Å². The fourth-order valence-electron chi connectivity index (χ4n) is 3.10. The summed E-state index contributed by atoms with van der Waals surface area (Å²) in [6.07, 6.45) is 0. The maximum absolute atomic E-state index is 13.2. The lowest BCUT2D eigenvalue weighted by Crippen LogP contribution is -2.33. The highest BCUT2D eigenvalue weighted by atomic mass is 19.1. The highest BCUT2D eigenvalue weighted by molar-refractivity contribution is 6.13. The normalized spacial score (nSPS) is 17.0. The molecular weight excluding hydrogens is 349 g/mol. The van der Waals surface area contributed by atoms with Crippen LogP contribution in [-0.4, -0.2) is 28.0 Å². The third-order valence-electron chi connectivity index (χ3n) is 4.49. The summed E-state index contributed by atoms with van der Waals surface area (Å²) in [5.74, 6) is -0.345. The van der Waals surface area contributed by atoms with E-state index in [4.69, 9.17) is 4.52 Å². The van der Waals surface area contributed by atoms with Crippen molar-refractivity contribution in [3.63, 3.8) is 0 Å². The van der Waals surface area contributed by atoms with E-state index in [9.17, 15) is 14.0 Å². The third kappa shape index (κ3) is 3.08. The number of aromatic nitrogens is 1. The monoisotopic (exact) mass is 365 g/mol. The van der Waals surface area contributed by atoms with Crippen molar-refractivity contribution < 1.29 is 18.5 Å². The highest BCUT2D eigenvalue weighted by Gasteiger charge is 2.43. The summed E-state index contributed by atoms with van der Waals surface area (Å²) in [6.45, 7) is 1.62. The summed E-state index contributed by atoms with van der Waals surface area (Å²) < 4.78 is 18.5. The molecule has 0 spiro atoms. The minimum atomic E-state index is -0.681. The Kier molecular flexibility index (Phi) is 4.19. The number of rotatable bonds is 4. The first-order valence-corrected chi connectivity index (χ1v) is 8.46. The lowest BCUT2D eigenvalue weighted by atomic mass is 10.1. The van der Waals surface area contributed by atoms with Crippen LogP contribution in [0.1, 0.15) is 12.7 Å². The van der Waals surface area contributed by atoms with E-state index in [1.807, 2.05) is 30.3 Å². The molecule has 0 bridgehead atoms. The Bertz CT molecular complexity index is 985. The van der Waals surface area contributed by atoms with Crippen LogP contribution in [0.3, 0.4) is 0 Å². The first kappa shape index (κ1) is 17.0. The molecule has 27 heavy (non-hydrogen) atoms. The molecule has 2 aromatic carbocycles. The van der Waals surface area contributed by atoms with Crippen LogP contribution in [-0.2, 0) is 11.3 Å². The molecule has 1 aliphatic heterocycles. The molecule has 3 amide bonds. The van der Waals surface area contributed by atoms with E-state index in [0.717, 1.165) is 10.5 Å². The maximum atomic E-state index is 13.2. The van der Waals surface area contributed by atoms with Crippen LogP contribution >= 0.6 is 0 Å². The van der Waals surface area contributed by atoms with Crippen molar-refractivity contribution in [2.24, 2.45) is 0 Å². The van der Waals surface area contributed by atoms with Gasteiger partial charge in [-0.05, 0) is 31.2 Å². The Morgan fingerprint density at radius 1 is 1.07 bits per heavy atom. The number of imide groups is 1. The lowest BCUT2D eigenvalue weighted by molar-refractivity contribution is -0.127. The van der Waals surface area contributed by atoms with Crippen LogP contribution < -0.4 is 4.90 Å². The van der Waals surface area contributed by atoms with Gasteiger partial charge in [-0.3, -0.25) is 14.6 Å². The average molecular weight is 365 g/mol. The predicted octanol–water partition coefficient (Wildman–Crippen LogP) is 3.84. The zero-order valence-electron chi connectivity index (χ0n) is 14.5. The van der Waals surface area contributed by atoms with Gasteiger partial charge in [0.1, 0.15) is 17.6 Å². The first-order valence-electron chi connectivity index (χ1n) is 8.46. The minimum absolute atomic E-state index is 0.0144. The second-order valence-electron chi connectivity index (χ2n) is 6.27. The molecule has 0 N–H and O–H groups in total. The van der Waals surface area contributed by atoms with Gasteiger partial charge in [0.25, 0.3) is 5.91 Å². The Labute approximate surface area is 154 Å². The maximum Gasteiger partial charge on any atom is 0.332 e. The summed E-state index contributed by atoms with van der Waals surface area (Å²) in [4.78, 5) is 27.8. The standard InChI is InChI=1S/C20H16FN3O3/c1-13-19(25)23(20(26)24(13)16-9-7-15(21)8-10-16)12-17-11-18(22-27-17)14-5-3-2-4-6-14/h2-11,13H,12H2,1H3. The number of hydrogen-bond donors (Lipinski definition) is 0. The van der Waals surface area contributed by atoms with Crippen LogP contribution in [0.15, 0.2) is 65.2 Å². The molecule has 2 heterocycles. The first-order chi connectivity index (χ1) is 13.0. The van der Waals surface area contributed by atoms with Crippen molar-refractivity contribution in [1.29, 1.82) is 0 Å². The van der Waals surface area contributed by atoms with Crippen molar-refractivity contribution >= 4 is 17.6 Å². The number of hydrogen-bond acceptors (Lipinski definition) is 4. The van der Waals surface area contributed by atoms with Crippen LogP contribution in [0.2, 0.25) is 0 Å². The van der Waals surface area contributed by atoms with Crippen LogP contribution in [0.4, 0.5) is 14.9 Å². The summed E-state index contributed by atoms with van der Waals surface area (Å²) in [5.41, 5.74) is 1.98. The Morgan fingerprint density at radius 2 is 1.78 bits per heavy atom. The fraction of sp³-hybridized carbons (Fsp3) is 0.150. The van der Waals surface area contributed by atoms with Gasteiger partial charge in [0.2, 0.25) is 0 Å². The number of carbonyl (C=O) groups is 2. The summed E-state index contributed by atoms with van der Waals surface area (Å²) >= 11 is 0. The lowest BCUT2D eigenvalue weighted by Gasteiger charge is -2.19. The van der Waals surface area contributed by atoms with Crippen molar-refractivity contribution in [2.75, 3.05) is 4.90 Å². The second kappa shape index (κ2) is 6.68. The number of halogens is 1. The van der Waals surface area contributed by atoms with Crippen LogP contribution in [0.5, 0.6) is 0 Å². The molecular formula is C20H16FN3O3. The van der Waals surface area contributed by atoms with Gasteiger partial charge in [-0.15, -0.1) is 0 Å². The number of urea groups is 1. The van der Waals surface area contributed by atoms with E-state index < -0.39 is 17.9 Å². The fourth-order valence-corrected chi connectivity index (χ4v) is 3.10. The van der Waals surface area contributed by atoms with E-state index >= 15 is 0 Å². The van der Waals surface area contributed by atoms with E-state index in [1.54, 1.807) is 13.0 Å². The molecule has 1 aromatic heterocycles. The molecule has 1 atom stereocenters. The summed E-state index contributed by atoms with van der Waals surface area (Å²) in [5, 5.41) is 4.00. The minimum Gasteiger partial charge on any atom is -0.359 e. The third-order valence-corrected chi connectivity index (χ3v) is 4.49. The molecule has 7 heteroatoms. The topological polar surface area (TPSA) is 66.7 Å². The van der Waals surface area contributed by atoms with Crippen molar-refractivity contribution in [1.82, 2.24) is 10.1 Å². The molecule has 0 aliphatic carbocycles. The van der Waals surface area contributed by atoms with Gasteiger partial charge in [-0.25, -0.2) is 9.18 Å². The molecule has 4 rings (SSSR count). The van der Waals surface area contributed by atoms with E-state index in [1.165, 1.54) is 29.2 Å². The van der Waals surface area contributed by atoms with E-state index in [0.29, 0.717) is 17.1 Å². The molecule has 6 nitrogen and oxygen atoms in total. The van der Waals surface area contributed by atoms with Crippen molar-refractivity contribution in [3.8, 4) is 11.3 Å². The van der Waals surface area contributed by atoms with Gasteiger partial charge >= 0.3 is 6.03 Å². The number of amides is 3. The average Bonchev–Trinajstić information content (AvgIpc) is 3.23. The number of nitrogens with zero attached hydrogens (tertiary/aromatic N) is 3. The summed E-state index contributed by atoms with van der Waals surface area (Å²) in [6, 6.07) is 15.5. The summed E-state index contributed by atoms with van der Waals surface area (Å²) in [7, 11) is 0. The van der Waals surface area contributed by atoms with E-state index in [-0.39, 0.29) is 12.5 Å². The molecule has 1 fully saturated rings. The zero-order valence-corrected chi connectivity index (χ0v) is 14.5. The van der Waals surface area contributed by atoms with Gasteiger partial charge < -0.3 is 4.52 Å². The molecule has 0 saturated carbocycles. The molecule has 1 unspecified atom stereocenters. The van der Waals surface area contributed by atoms with Crippen molar-refractivity contribution in [3.05, 3.63) is 72.2 Å². The Hall–Kier alpha value is -3.48. The van der Waals surface area contributed by atoms with Gasteiger partial charge in [0.05, 0.1) is 6.54 Å². The smallest absolute Gasteiger partial charge is 0.332 e. The number of anilines is 1. The van der Waals surface area contributed by atoms with Gasteiger partial charge in [-0.1, -0.05) is 35.5 Å². The molecule has 0 radical (unpaired) electrons. The molecule has 136 valence electrons. The highest BCUT2D eigenvalue weighted by Crippen LogP contribution is 2.28. The zero-order chi connectivity index (χ0) is 19.0. The Morgan fingerprint density at radius 3 is 2.48 bits per heavy atom. The van der Waals surface area contributed by atoms with Gasteiger partial charge in [0, 0.05) is 17.3 Å². The van der Waals surface area contributed by atoms with Crippen LogP contribution in [0, 0.1) is 5.82 Å². The Balaban J connectivity index is 1.56. The van der Waals surface area contributed by atoms with Crippen molar-refractivity contribution in [2.45, 2.75) is 19.5 Å². The second-order valence-corrected chi connectivity index (χ2v) is 6.27. The largest absolute Gasteiger partial charge is 0.359 e. The molecule has 1 saturated heterocycles. The quantitative estimate of drug-likeness (QED) is 0.659. The molecule has 3 aromatic rings. The SMILES string of the molecule is CC1C(=O)N(Cc2cc(-c3ccccc3)no2)C(=O)N1c1ccc(F)cc1. The number of benzene rings is 2. The van der Waals surface area contributed by atoms with Gasteiger partial charge in [-0.2, -0.15) is 0 Å². The van der Waals surface area contributed by atoms with E-state index in [2.05, 4.69) is 5.16 Å². The number of carbonyl (C=O) groups excluding carboxylic acids is 2. The van der Waals surface area contributed by atoms with Gasteiger partial charge in [0.15, 0.2) is 5.76 Å². The predicted molar refractivity (Wildman–Crippen MR) is 96.2 cm³/mol. The molecule has 1 aliphatic rings.